The van der Waals surface area contributed by atoms with E-state index in [0.717, 1.165) is 31.1 Å². The lowest BCUT2D eigenvalue weighted by atomic mass is 10.3. The number of hydrogen-bond acceptors (Lipinski definition) is 7. The number of rotatable bonds is 4. The molecule has 1 saturated carbocycles. The molecule has 2 fully saturated rings. The number of methoxy groups -OCH3 is 1. The van der Waals surface area contributed by atoms with Crippen molar-refractivity contribution >= 4 is 24.1 Å². The molecule has 1 unspecified atom stereocenters. The zero-order valence-electron chi connectivity index (χ0n) is 12.0. The minimum absolute atomic E-state index is 0.250. The molecule has 8 nitrogen and oxygen atoms in total. The van der Waals surface area contributed by atoms with Gasteiger partial charge in [0.2, 0.25) is 5.95 Å². The topological polar surface area (TPSA) is 114 Å². The highest BCUT2D eigenvalue weighted by Gasteiger charge is 2.25. The highest BCUT2D eigenvalue weighted by molar-refractivity contribution is 5.54. The molecular weight excluding hydrogens is 274 g/mol. The maximum atomic E-state index is 8.36. The highest BCUT2D eigenvalue weighted by Crippen LogP contribution is 2.27. The van der Waals surface area contributed by atoms with Crippen LogP contribution in [0.5, 0.6) is 0 Å². The van der Waals surface area contributed by atoms with E-state index in [1.54, 1.807) is 7.11 Å². The van der Waals surface area contributed by atoms with E-state index in [-0.39, 0.29) is 6.47 Å². The van der Waals surface area contributed by atoms with Crippen molar-refractivity contribution in [3.63, 3.8) is 0 Å². The molecule has 1 aliphatic heterocycles. The van der Waals surface area contributed by atoms with Crippen LogP contribution in [0.15, 0.2) is 6.07 Å². The van der Waals surface area contributed by atoms with Crippen molar-refractivity contribution in [3.8, 4) is 0 Å². The Kier molecular flexibility index (Phi) is 5.15. The molecule has 3 rings (SSSR count). The fourth-order valence-electron chi connectivity index (χ4n) is 2.25. The number of anilines is 3. The number of hydrogen-bond donors (Lipinski definition) is 3. The largest absolute Gasteiger partial charge is 0.483 e. The van der Waals surface area contributed by atoms with Gasteiger partial charge in [0.05, 0.1) is 6.10 Å². The third-order valence-corrected chi connectivity index (χ3v) is 3.46. The first-order chi connectivity index (χ1) is 10.2. The Hall–Kier alpha value is -2.09. The predicted molar refractivity (Wildman–Crippen MR) is 79.4 cm³/mol. The lowest BCUT2D eigenvalue weighted by Gasteiger charge is -2.18. The fourth-order valence-corrected chi connectivity index (χ4v) is 2.25. The molecule has 0 radical (unpaired) electrons. The van der Waals surface area contributed by atoms with Gasteiger partial charge in [-0.15, -0.1) is 0 Å². The first-order valence-electron chi connectivity index (χ1n) is 6.93. The summed E-state index contributed by atoms with van der Waals surface area (Å²) in [6.07, 6.45) is 3.76. The lowest BCUT2D eigenvalue weighted by molar-refractivity contribution is -0.122. The number of nitrogen functional groups attached to an aromatic ring is 1. The lowest BCUT2D eigenvalue weighted by Crippen LogP contribution is -2.24. The molecular formula is C13H21N5O3. The molecule has 0 amide bonds. The molecule has 1 aliphatic carbocycles. The average molecular weight is 295 g/mol. The van der Waals surface area contributed by atoms with E-state index in [2.05, 4.69) is 20.2 Å². The maximum absolute atomic E-state index is 8.36. The zero-order chi connectivity index (χ0) is 15.2. The Morgan fingerprint density at radius 1 is 1.48 bits per heavy atom. The molecule has 0 bridgehead atoms. The SMILES string of the molecule is COC1CCN(c2cc(NC3CC3)nc(N)n2)C1.O=CO. The summed E-state index contributed by atoms with van der Waals surface area (Å²) in [5, 5.41) is 10.2. The summed E-state index contributed by atoms with van der Waals surface area (Å²) in [6, 6.07) is 2.55. The van der Waals surface area contributed by atoms with Crippen molar-refractivity contribution in [1.82, 2.24) is 9.97 Å². The molecule has 4 N–H and O–H groups in total. The van der Waals surface area contributed by atoms with E-state index in [4.69, 9.17) is 20.4 Å². The Balaban J connectivity index is 0.000000497. The Bertz CT molecular complexity index is 481. The van der Waals surface area contributed by atoms with Gasteiger partial charge < -0.3 is 25.8 Å². The second-order valence-corrected chi connectivity index (χ2v) is 5.09. The van der Waals surface area contributed by atoms with Gasteiger partial charge >= 0.3 is 0 Å². The summed E-state index contributed by atoms with van der Waals surface area (Å²) in [6.45, 7) is 1.58. The van der Waals surface area contributed by atoms with Crippen LogP contribution in [-0.2, 0) is 9.53 Å². The van der Waals surface area contributed by atoms with Gasteiger partial charge in [0.15, 0.2) is 0 Å². The summed E-state index contributed by atoms with van der Waals surface area (Å²) in [5.74, 6) is 2.06. The third-order valence-electron chi connectivity index (χ3n) is 3.46. The van der Waals surface area contributed by atoms with Crippen LogP contribution < -0.4 is 16.0 Å². The molecule has 2 heterocycles. The molecule has 0 spiro atoms. The number of carbonyl (C=O) groups is 1. The molecule has 1 saturated heterocycles. The summed E-state index contributed by atoms with van der Waals surface area (Å²) in [5.41, 5.74) is 5.77. The van der Waals surface area contributed by atoms with E-state index in [1.807, 2.05) is 6.07 Å². The van der Waals surface area contributed by atoms with Gasteiger partial charge in [-0.25, -0.2) is 0 Å². The number of carboxylic acid groups (broad SMARTS) is 1. The molecule has 21 heavy (non-hydrogen) atoms. The van der Waals surface area contributed by atoms with Gasteiger partial charge in [0.25, 0.3) is 6.47 Å². The van der Waals surface area contributed by atoms with Gasteiger partial charge in [0.1, 0.15) is 11.6 Å². The molecule has 1 atom stereocenters. The van der Waals surface area contributed by atoms with Crippen molar-refractivity contribution in [2.24, 2.45) is 0 Å². The Labute approximate surface area is 123 Å². The van der Waals surface area contributed by atoms with E-state index >= 15 is 0 Å². The fraction of sp³-hybridized carbons (Fsp3) is 0.615. The quantitative estimate of drug-likeness (QED) is 0.690. The molecule has 1 aromatic heterocycles. The summed E-state index contributed by atoms with van der Waals surface area (Å²) < 4.78 is 5.37. The Morgan fingerprint density at radius 3 is 2.76 bits per heavy atom. The molecule has 0 aromatic carbocycles. The van der Waals surface area contributed by atoms with Gasteiger partial charge in [-0.05, 0) is 19.3 Å². The third kappa shape index (κ3) is 4.45. The van der Waals surface area contributed by atoms with Gasteiger partial charge in [-0.3, -0.25) is 4.79 Å². The molecule has 2 aliphatic rings. The van der Waals surface area contributed by atoms with Crippen molar-refractivity contribution in [2.75, 3.05) is 36.1 Å². The van der Waals surface area contributed by atoms with Crippen LogP contribution in [0.25, 0.3) is 0 Å². The summed E-state index contributed by atoms with van der Waals surface area (Å²) >= 11 is 0. The van der Waals surface area contributed by atoms with Crippen molar-refractivity contribution in [2.45, 2.75) is 31.4 Å². The zero-order valence-corrected chi connectivity index (χ0v) is 12.0. The monoisotopic (exact) mass is 295 g/mol. The number of nitrogens with two attached hydrogens (primary N) is 1. The van der Waals surface area contributed by atoms with E-state index in [0.29, 0.717) is 18.1 Å². The van der Waals surface area contributed by atoms with E-state index in [9.17, 15) is 0 Å². The van der Waals surface area contributed by atoms with Crippen LogP contribution in [0.2, 0.25) is 0 Å². The number of nitrogens with zero attached hydrogens (tertiary/aromatic N) is 3. The van der Waals surface area contributed by atoms with Gasteiger partial charge in [0, 0.05) is 32.3 Å². The van der Waals surface area contributed by atoms with Crippen LogP contribution in [0.1, 0.15) is 19.3 Å². The minimum atomic E-state index is -0.250. The van der Waals surface area contributed by atoms with E-state index in [1.165, 1.54) is 12.8 Å². The number of ether oxygens (including phenoxy) is 1. The first-order valence-corrected chi connectivity index (χ1v) is 6.93. The standard InChI is InChI=1S/C12H19N5O.CH2O2/c1-18-9-4-5-17(7-9)11-6-10(14-8-2-3-8)15-12(13)16-11;2-1-3/h6,8-9H,2-5,7H2,1H3,(H3,13,14,15,16);1H,(H,2,3). The molecule has 116 valence electrons. The predicted octanol–water partition coefficient (Wildman–Crippen LogP) is 0.559. The minimum Gasteiger partial charge on any atom is -0.483 e. The Morgan fingerprint density at radius 2 is 2.19 bits per heavy atom. The van der Waals surface area contributed by atoms with Crippen molar-refractivity contribution in [1.29, 1.82) is 0 Å². The van der Waals surface area contributed by atoms with Crippen LogP contribution in [0.4, 0.5) is 17.6 Å². The van der Waals surface area contributed by atoms with Crippen LogP contribution in [-0.4, -0.2) is 53.9 Å². The summed E-state index contributed by atoms with van der Waals surface area (Å²) in [7, 11) is 1.75. The van der Waals surface area contributed by atoms with Crippen molar-refractivity contribution in [3.05, 3.63) is 6.07 Å². The maximum Gasteiger partial charge on any atom is 0.290 e. The first kappa shape index (κ1) is 15.3. The van der Waals surface area contributed by atoms with Crippen LogP contribution in [0.3, 0.4) is 0 Å². The molecule has 8 heteroatoms. The van der Waals surface area contributed by atoms with Gasteiger partial charge in [-0.1, -0.05) is 0 Å². The van der Waals surface area contributed by atoms with Crippen LogP contribution >= 0.6 is 0 Å². The van der Waals surface area contributed by atoms with Crippen LogP contribution in [0, 0.1) is 0 Å². The second-order valence-electron chi connectivity index (χ2n) is 5.09. The normalized spacial score (nSPS) is 20.6. The smallest absolute Gasteiger partial charge is 0.290 e. The highest BCUT2D eigenvalue weighted by atomic mass is 16.5. The van der Waals surface area contributed by atoms with E-state index < -0.39 is 0 Å². The summed E-state index contributed by atoms with van der Waals surface area (Å²) in [4.78, 5) is 19.1. The van der Waals surface area contributed by atoms with Crippen molar-refractivity contribution < 1.29 is 14.6 Å². The molecule has 1 aromatic rings. The number of nitrogens with one attached hydrogen (secondary N) is 1. The number of aromatic nitrogens is 2. The second kappa shape index (κ2) is 7.07. The van der Waals surface area contributed by atoms with Gasteiger partial charge in [-0.2, -0.15) is 9.97 Å². The average Bonchev–Trinajstić information content (AvgIpc) is 3.12.